The molecule has 0 aromatic carbocycles. The molecule has 0 spiro atoms. The Morgan fingerprint density at radius 1 is 0.762 bits per heavy atom. The number of rotatable bonds is 1. The molecule has 1 N–H and O–H groups in total. The molecule has 2 amide bonds. The number of amides is 2. The molecule has 0 atom stereocenters. The average molecular weight is 290 g/mol. The Bertz CT molecular complexity index is 359. The maximum atomic E-state index is 12.7. The molecule has 1 aliphatic heterocycles. The standard InChI is InChI=1S/C18H30N2O/c21-18(20-6-4-2-1-3-5-7-20)19-17-15-9-13-8-14(11-15)12-16(17)10-13/h13-17H,1-12H2,(H,19,21). The molecule has 1 heterocycles. The summed E-state index contributed by atoms with van der Waals surface area (Å²) in [5.74, 6) is 3.56. The highest BCUT2D eigenvalue weighted by Crippen LogP contribution is 2.53. The van der Waals surface area contributed by atoms with Crippen molar-refractivity contribution in [2.24, 2.45) is 23.7 Å². The summed E-state index contributed by atoms with van der Waals surface area (Å²) in [4.78, 5) is 14.8. The third kappa shape index (κ3) is 2.80. The van der Waals surface area contributed by atoms with Gasteiger partial charge < -0.3 is 10.2 Å². The summed E-state index contributed by atoms with van der Waals surface area (Å²) >= 11 is 0. The van der Waals surface area contributed by atoms with Crippen LogP contribution in [0.3, 0.4) is 0 Å². The van der Waals surface area contributed by atoms with Gasteiger partial charge in [0.25, 0.3) is 0 Å². The molecule has 0 aromatic rings. The van der Waals surface area contributed by atoms with E-state index in [1.807, 2.05) is 0 Å². The minimum absolute atomic E-state index is 0.245. The van der Waals surface area contributed by atoms with Crippen LogP contribution < -0.4 is 5.32 Å². The van der Waals surface area contributed by atoms with Crippen LogP contribution in [0, 0.1) is 23.7 Å². The van der Waals surface area contributed by atoms with E-state index in [4.69, 9.17) is 0 Å². The number of carbonyl (C=O) groups excluding carboxylic acids is 1. The molecule has 4 aliphatic carbocycles. The number of nitrogens with zero attached hydrogens (tertiary/aromatic N) is 1. The van der Waals surface area contributed by atoms with Crippen molar-refractivity contribution >= 4 is 6.03 Å². The lowest BCUT2D eigenvalue weighted by molar-refractivity contribution is -0.0111. The average Bonchev–Trinajstić information content (AvgIpc) is 2.41. The molecule has 1 saturated heterocycles. The Hall–Kier alpha value is -0.730. The summed E-state index contributed by atoms with van der Waals surface area (Å²) in [5, 5.41) is 3.47. The van der Waals surface area contributed by atoms with Crippen molar-refractivity contribution in [3.8, 4) is 0 Å². The summed E-state index contributed by atoms with van der Waals surface area (Å²) < 4.78 is 0. The fraction of sp³-hybridized carbons (Fsp3) is 0.944. The van der Waals surface area contributed by atoms with Gasteiger partial charge in [-0.2, -0.15) is 0 Å². The van der Waals surface area contributed by atoms with Crippen molar-refractivity contribution in [3.63, 3.8) is 0 Å². The van der Waals surface area contributed by atoms with Gasteiger partial charge in [0.2, 0.25) is 0 Å². The number of nitrogens with one attached hydrogen (secondary N) is 1. The fourth-order valence-corrected chi connectivity index (χ4v) is 5.85. The first-order valence-corrected chi connectivity index (χ1v) is 9.35. The van der Waals surface area contributed by atoms with E-state index in [0.29, 0.717) is 6.04 Å². The Balaban J connectivity index is 1.37. The topological polar surface area (TPSA) is 32.3 Å². The number of urea groups is 1. The van der Waals surface area contributed by atoms with Gasteiger partial charge in [0, 0.05) is 19.1 Å². The predicted octanol–water partition coefficient (Wildman–Crippen LogP) is 3.79. The lowest BCUT2D eigenvalue weighted by Gasteiger charge is -2.54. The molecular weight excluding hydrogens is 260 g/mol. The van der Waals surface area contributed by atoms with Gasteiger partial charge in [-0.3, -0.25) is 0 Å². The van der Waals surface area contributed by atoms with Gasteiger partial charge in [-0.05, 0) is 68.6 Å². The summed E-state index contributed by atoms with van der Waals surface area (Å²) in [7, 11) is 0. The van der Waals surface area contributed by atoms with Crippen molar-refractivity contribution in [3.05, 3.63) is 0 Å². The molecule has 5 aliphatic rings. The van der Waals surface area contributed by atoms with E-state index in [2.05, 4.69) is 10.2 Å². The van der Waals surface area contributed by atoms with Crippen LogP contribution in [0.1, 0.15) is 64.2 Å². The van der Waals surface area contributed by atoms with Gasteiger partial charge in [-0.15, -0.1) is 0 Å². The molecule has 5 rings (SSSR count). The van der Waals surface area contributed by atoms with E-state index >= 15 is 0 Å². The van der Waals surface area contributed by atoms with Crippen LogP contribution in [-0.2, 0) is 0 Å². The number of hydrogen-bond donors (Lipinski definition) is 1. The van der Waals surface area contributed by atoms with Gasteiger partial charge in [-0.25, -0.2) is 4.79 Å². The van der Waals surface area contributed by atoms with Gasteiger partial charge in [-0.1, -0.05) is 19.3 Å². The molecule has 0 radical (unpaired) electrons. The molecule has 4 saturated carbocycles. The zero-order valence-corrected chi connectivity index (χ0v) is 13.2. The summed E-state index contributed by atoms with van der Waals surface area (Å²) in [6, 6.07) is 0.741. The third-order valence-corrected chi connectivity index (χ3v) is 6.66. The van der Waals surface area contributed by atoms with Crippen molar-refractivity contribution in [2.45, 2.75) is 70.3 Å². The number of hydrogen-bond acceptors (Lipinski definition) is 1. The second-order valence-corrected chi connectivity index (χ2v) is 8.16. The van der Waals surface area contributed by atoms with E-state index in [9.17, 15) is 4.79 Å². The van der Waals surface area contributed by atoms with E-state index in [-0.39, 0.29) is 6.03 Å². The lowest BCUT2D eigenvalue weighted by atomic mass is 9.54. The highest BCUT2D eigenvalue weighted by Gasteiger charge is 2.48. The van der Waals surface area contributed by atoms with Gasteiger partial charge >= 0.3 is 6.03 Å². The van der Waals surface area contributed by atoms with Crippen molar-refractivity contribution in [1.29, 1.82) is 0 Å². The number of carbonyl (C=O) groups is 1. The van der Waals surface area contributed by atoms with Gasteiger partial charge in [0.15, 0.2) is 0 Å². The van der Waals surface area contributed by atoms with E-state index in [0.717, 1.165) is 36.8 Å². The molecule has 3 nitrogen and oxygen atoms in total. The van der Waals surface area contributed by atoms with Gasteiger partial charge in [0.05, 0.1) is 0 Å². The number of likely N-dealkylation sites (tertiary alicyclic amines) is 1. The highest BCUT2D eigenvalue weighted by atomic mass is 16.2. The minimum atomic E-state index is 0.245. The van der Waals surface area contributed by atoms with Crippen LogP contribution in [0.2, 0.25) is 0 Å². The van der Waals surface area contributed by atoms with Crippen LogP contribution in [-0.4, -0.2) is 30.1 Å². The highest BCUT2D eigenvalue weighted by molar-refractivity contribution is 5.74. The predicted molar refractivity (Wildman–Crippen MR) is 84.0 cm³/mol. The van der Waals surface area contributed by atoms with Crippen molar-refractivity contribution in [1.82, 2.24) is 10.2 Å². The van der Waals surface area contributed by atoms with E-state index in [1.54, 1.807) is 0 Å². The first-order chi connectivity index (χ1) is 10.3. The molecule has 0 unspecified atom stereocenters. The summed E-state index contributed by atoms with van der Waals surface area (Å²) in [6.45, 7) is 1.94. The zero-order chi connectivity index (χ0) is 14.2. The van der Waals surface area contributed by atoms with Crippen molar-refractivity contribution in [2.75, 3.05) is 13.1 Å². The second kappa shape index (κ2) is 5.81. The zero-order valence-electron chi connectivity index (χ0n) is 13.2. The molecule has 118 valence electrons. The van der Waals surface area contributed by atoms with E-state index < -0.39 is 0 Å². The summed E-state index contributed by atoms with van der Waals surface area (Å²) in [5.41, 5.74) is 0. The molecule has 4 bridgehead atoms. The smallest absolute Gasteiger partial charge is 0.317 e. The maximum absolute atomic E-state index is 12.7. The Morgan fingerprint density at radius 3 is 1.86 bits per heavy atom. The first kappa shape index (κ1) is 13.9. The third-order valence-electron chi connectivity index (χ3n) is 6.66. The lowest BCUT2D eigenvalue weighted by Crippen LogP contribution is -2.58. The van der Waals surface area contributed by atoms with E-state index in [1.165, 1.54) is 64.2 Å². The Labute approximate surface area is 128 Å². The second-order valence-electron chi connectivity index (χ2n) is 8.16. The van der Waals surface area contributed by atoms with Crippen LogP contribution in [0.15, 0.2) is 0 Å². The SMILES string of the molecule is O=C(NC1C2CC3CC(C2)CC1C3)N1CCCCCCC1. The quantitative estimate of drug-likeness (QED) is 0.783. The molecule has 21 heavy (non-hydrogen) atoms. The van der Waals surface area contributed by atoms with Crippen LogP contribution in [0.5, 0.6) is 0 Å². The van der Waals surface area contributed by atoms with Crippen LogP contribution in [0.4, 0.5) is 4.79 Å². The van der Waals surface area contributed by atoms with Gasteiger partial charge in [0.1, 0.15) is 0 Å². The van der Waals surface area contributed by atoms with Crippen LogP contribution >= 0.6 is 0 Å². The Morgan fingerprint density at radius 2 is 1.29 bits per heavy atom. The van der Waals surface area contributed by atoms with Crippen molar-refractivity contribution < 1.29 is 4.79 Å². The fourth-order valence-electron chi connectivity index (χ4n) is 5.85. The minimum Gasteiger partial charge on any atom is -0.335 e. The summed E-state index contributed by atoms with van der Waals surface area (Å²) in [6.07, 6.45) is 13.4. The molecule has 5 fully saturated rings. The normalized spacial score (nSPS) is 42.5. The maximum Gasteiger partial charge on any atom is 0.317 e. The molecule has 3 heteroatoms. The first-order valence-electron chi connectivity index (χ1n) is 9.35. The molecular formula is C18H30N2O. The largest absolute Gasteiger partial charge is 0.335 e. The monoisotopic (exact) mass is 290 g/mol. The Kier molecular flexibility index (Phi) is 3.85. The molecule has 0 aromatic heterocycles. The van der Waals surface area contributed by atoms with Crippen LogP contribution in [0.25, 0.3) is 0 Å².